The average molecular weight is 366 g/mol. The van der Waals surface area contributed by atoms with Crippen molar-refractivity contribution in [1.82, 2.24) is 29.3 Å². The molecular formula is C18H15FN6O2. The Hall–Kier alpha value is -3.75. The summed E-state index contributed by atoms with van der Waals surface area (Å²) in [7, 11) is 0. The Morgan fingerprint density at radius 3 is 2.78 bits per heavy atom. The summed E-state index contributed by atoms with van der Waals surface area (Å²) < 4.78 is 17.4. The molecular weight excluding hydrogens is 351 g/mol. The van der Waals surface area contributed by atoms with Gasteiger partial charge < -0.3 is 5.32 Å². The molecule has 3 heterocycles. The van der Waals surface area contributed by atoms with Crippen LogP contribution in [-0.4, -0.2) is 36.4 Å². The van der Waals surface area contributed by atoms with Crippen LogP contribution < -0.4 is 11.0 Å². The van der Waals surface area contributed by atoms with Gasteiger partial charge in [-0.2, -0.15) is 5.10 Å². The summed E-state index contributed by atoms with van der Waals surface area (Å²) in [5.41, 5.74) is 0.991. The number of benzene rings is 1. The number of fused-ring (bicyclic) bond motifs is 1. The van der Waals surface area contributed by atoms with E-state index in [4.69, 9.17) is 0 Å². The molecule has 27 heavy (non-hydrogen) atoms. The maximum absolute atomic E-state index is 13.3. The molecule has 9 heteroatoms. The lowest BCUT2D eigenvalue weighted by molar-refractivity contribution is 0.0946. The van der Waals surface area contributed by atoms with Crippen LogP contribution in [-0.2, 0) is 6.54 Å². The van der Waals surface area contributed by atoms with Crippen molar-refractivity contribution in [3.8, 4) is 5.69 Å². The maximum Gasteiger partial charge on any atom is 0.350 e. The highest BCUT2D eigenvalue weighted by atomic mass is 19.1. The summed E-state index contributed by atoms with van der Waals surface area (Å²) in [6, 6.07) is 12.7. The van der Waals surface area contributed by atoms with Crippen LogP contribution in [0.4, 0.5) is 4.39 Å². The van der Waals surface area contributed by atoms with Gasteiger partial charge in [-0.3, -0.25) is 9.20 Å². The van der Waals surface area contributed by atoms with Crippen molar-refractivity contribution in [3.05, 3.63) is 82.9 Å². The summed E-state index contributed by atoms with van der Waals surface area (Å²) in [5, 5.41) is 11.0. The van der Waals surface area contributed by atoms with Gasteiger partial charge in [0, 0.05) is 18.9 Å². The molecule has 0 saturated carbocycles. The number of pyridine rings is 1. The lowest BCUT2D eigenvalue weighted by atomic mass is 10.3. The number of rotatable bonds is 5. The minimum absolute atomic E-state index is 0.196. The number of hydrogen-bond donors (Lipinski definition) is 1. The first-order valence-corrected chi connectivity index (χ1v) is 8.26. The van der Waals surface area contributed by atoms with Crippen molar-refractivity contribution in [2.75, 3.05) is 6.54 Å². The second-order valence-corrected chi connectivity index (χ2v) is 5.82. The molecule has 0 fully saturated rings. The minimum Gasteiger partial charge on any atom is -0.349 e. The number of hydrogen-bond acceptors (Lipinski definition) is 4. The van der Waals surface area contributed by atoms with Gasteiger partial charge in [-0.15, -0.1) is 5.10 Å². The van der Waals surface area contributed by atoms with Gasteiger partial charge in [0.25, 0.3) is 5.91 Å². The molecule has 1 N–H and O–H groups in total. The number of halogens is 1. The molecule has 3 aromatic heterocycles. The van der Waals surface area contributed by atoms with Gasteiger partial charge in [-0.1, -0.05) is 12.1 Å². The van der Waals surface area contributed by atoms with Crippen molar-refractivity contribution in [2.45, 2.75) is 6.54 Å². The van der Waals surface area contributed by atoms with Gasteiger partial charge in [-0.05, 0) is 36.4 Å². The molecule has 0 spiro atoms. The first-order chi connectivity index (χ1) is 13.1. The van der Waals surface area contributed by atoms with Gasteiger partial charge in [0.2, 0.25) is 0 Å². The molecule has 4 aromatic rings. The number of carbonyl (C=O) groups is 1. The van der Waals surface area contributed by atoms with E-state index < -0.39 is 0 Å². The summed E-state index contributed by atoms with van der Waals surface area (Å²) >= 11 is 0. The number of nitrogens with one attached hydrogen (secondary N) is 1. The predicted octanol–water partition coefficient (Wildman–Crippen LogP) is 1.25. The van der Waals surface area contributed by atoms with Crippen LogP contribution in [0.1, 0.15) is 10.5 Å². The Kier molecular flexibility index (Phi) is 4.25. The Morgan fingerprint density at radius 2 is 1.96 bits per heavy atom. The fourth-order valence-corrected chi connectivity index (χ4v) is 2.69. The topological polar surface area (TPSA) is 86.2 Å². The third-order valence-corrected chi connectivity index (χ3v) is 3.99. The fraction of sp³-hybridized carbons (Fsp3) is 0.111. The lowest BCUT2D eigenvalue weighted by Gasteiger charge is -2.03. The van der Waals surface area contributed by atoms with Gasteiger partial charge in [-0.25, -0.2) is 18.5 Å². The lowest BCUT2D eigenvalue weighted by Crippen LogP contribution is -2.31. The molecule has 1 amide bonds. The molecule has 4 rings (SSSR count). The number of amides is 1. The van der Waals surface area contributed by atoms with E-state index in [1.165, 1.54) is 32.0 Å². The highest BCUT2D eigenvalue weighted by molar-refractivity contribution is 5.92. The zero-order chi connectivity index (χ0) is 18.8. The van der Waals surface area contributed by atoms with Gasteiger partial charge in [0.05, 0.1) is 12.2 Å². The van der Waals surface area contributed by atoms with Crippen LogP contribution in [0, 0.1) is 5.82 Å². The van der Waals surface area contributed by atoms with E-state index in [0.29, 0.717) is 11.3 Å². The molecule has 0 atom stereocenters. The molecule has 8 nitrogen and oxygen atoms in total. The van der Waals surface area contributed by atoms with Crippen molar-refractivity contribution < 1.29 is 9.18 Å². The molecule has 0 unspecified atom stereocenters. The first-order valence-electron chi connectivity index (χ1n) is 8.26. The SMILES string of the molecule is O=C(NCCn1nc2ccccn2c1=O)c1ccn(-c2cccc(F)c2)n1. The van der Waals surface area contributed by atoms with Crippen LogP contribution in [0.3, 0.4) is 0 Å². The molecule has 0 radical (unpaired) electrons. The van der Waals surface area contributed by atoms with Crippen LogP contribution in [0.15, 0.2) is 65.7 Å². The fourth-order valence-electron chi connectivity index (χ4n) is 2.69. The summed E-state index contributed by atoms with van der Waals surface area (Å²) in [5.74, 6) is -0.770. The molecule has 136 valence electrons. The van der Waals surface area contributed by atoms with Gasteiger partial charge in [0.15, 0.2) is 11.3 Å². The summed E-state index contributed by atoms with van der Waals surface area (Å²) in [6.45, 7) is 0.451. The third-order valence-electron chi connectivity index (χ3n) is 3.99. The van der Waals surface area contributed by atoms with E-state index >= 15 is 0 Å². The quantitative estimate of drug-likeness (QED) is 0.576. The van der Waals surface area contributed by atoms with E-state index in [1.807, 2.05) is 0 Å². The van der Waals surface area contributed by atoms with Crippen LogP contribution in [0.2, 0.25) is 0 Å². The molecule has 1 aromatic carbocycles. The highest BCUT2D eigenvalue weighted by Crippen LogP contribution is 2.09. The number of aromatic nitrogens is 5. The van der Waals surface area contributed by atoms with Crippen LogP contribution in [0.25, 0.3) is 11.3 Å². The monoisotopic (exact) mass is 366 g/mol. The van der Waals surface area contributed by atoms with E-state index in [-0.39, 0.29) is 36.2 Å². The summed E-state index contributed by atoms with van der Waals surface area (Å²) in [6.07, 6.45) is 3.22. The first kappa shape index (κ1) is 16.7. The molecule has 0 aliphatic heterocycles. The predicted molar refractivity (Wildman–Crippen MR) is 95.3 cm³/mol. The van der Waals surface area contributed by atoms with Crippen molar-refractivity contribution in [3.63, 3.8) is 0 Å². The smallest absolute Gasteiger partial charge is 0.349 e. The van der Waals surface area contributed by atoms with Crippen LogP contribution >= 0.6 is 0 Å². The Morgan fingerprint density at radius 1 is 1.07 bits per heavy atom. The highest BCUT2D eigenvalue weighted by Gasteiger charge is 2.11. The number of nitrogens with zero attached hydrogens (tertiary/aromatic N) is 5. The van der Waals surface area contributed by atoms with Crippen molar-refractivity contribution in [2.24, 2.45) is 0 Å². The molecule has 0 saturated heterocycles. The van der Waals surface area contributed by atoms with E-state index in [1.54, 1.807) is 42.7 Å². The number of carbonyl (C=O) groups excluding carboxylic acids is 1. The minimum atomic E-state index is -0.387. The zero-order valence-corrected chi connectivity index (χ0v) is 14.1. The van der Waals surface area contributed by atoms with E-state index in [0.717, 1.165) is 0 Å². The molecule has 0 aliphatic rings. The second kappa shape index (κ2) is 6.87. The Labute approximate surface area is 152 Å². The van der Waals surface area contributed by atoms with Crippen molar-refractivity contribution in [1.29, 1.82) is 0 Å². The molecule has 0 bridgehead atoms. The maximum atomic E-state index is 13.3. The molecule has 0 aliphatic carbocycles. The Bertz CT molecular complexity index is 1180. The van der Waals surface area contributed by atoms with E-state index in [9.17, 15) is 14.0 Å². The third kappa shape index (κ3) is 3.34. The van der Waals surface area contributed by atoms with Crippen molar-refractivity contribution >= 4 is 11.6 Å². The Balaban J connectivity index is 1.41. The van der Waals surface area contributed by atoms with Gasteiger partial charge in [0.1, 0.15) is 5.82 Å². The van der Waals surface area contributed by atoms with Crippen LogP contribution in [0.5, 0.6) is 0 Å². The van der Waals surface area contributed by atoms with E-state index in [2.05, 4.69) is 15.5 Å². The second-order valence-electron chi connectivity index (χ2n) is 5.82. The zero-order valence-electron chi connectivity index (χ0n) is 14.1. The normalized spacial score (nSPS) is 11.0. The standard InChI is InChI=1S/C18H15FN6O2/c19-13-4-3-5-14(12-13)24-10-7-15(21-24)17(26)20-8-11-25-18(27)23-9-2-1-6-16(23)22-25/h1-7,9-10,12H,8,11H2,(H,20,26). The van der Waals surface area contributed by atoms with Gasteiger partial charge >= 0.3 is 5.69 Å². The largest absolute Gasteiger partial charge is 0.350 e. The summed E-state index contributed by atoms with van der Waals surface area (Å²) in [4.78, 5) is 24.4. The average Bonchev–Trinajstić information content (AvgIpc) is 3.28.